The summed E-state index contributed by atoms with van der Waals surface area (Å²) in [7, 11) is 1.77. The molecular weight excluding hydrogens is 329 g/mol. The quantitative estimate of drug-likeness (QED) is 0.820. The first-order chi connectivity index (χ1) is 9.47. The molecule has 106 valence electrons. The average Bonchev–Trinajstić information content (AvgIpc) is 2.79. The molecule has 0 saturated heterocycles. The smallest absolute Gasteiger partial charge is 0.252 e. The van der Waals surface area contributed by atoms with Gasteiger partial charge in [-0.05, 0) is 28.1 Å². The summed E-state index contributed by atoms with van der Waals surface area (Å²) in [5.74, 6) is -0.254. The van der Waals surface area contributed by atoms with E-state index in [1.54, 1.807) is 18.1 Å². The molecule has 3 N–H and O–H groups in total. The molecule has 8 heteroatoms. The summed E-state index contributed by atoms with van der Waals surface area (Å²) in [6.45, 7) is 0.382. The molecule has 0 radical (unpaired) electrons. The Morgan fingerprint density at radius 1 is 1.55 bits per heavy atom. The van der Waals surface area contributed by atoms with Crippen LogP contribution in [0.2, 0.25) is 0 Å². The van der Waals surface area contributed by atoms with Gasteiger partial charge in [0.05, 0.1) is 11.3 Å². The fourth-order valence-corrected chi connectivity index (χ4v) is 2.12. The largest absolute Gasteiger partial charge is 0.396 e. The van der Waals surface area contributed by atoms with Crippen LogP contribution in [0.25, 0.3) is 0 Å². The number of hydrogen-bond acceptors (Lipinski definition) is 4. The van der Waals surface area contributed by atoms with Crippen molar-refractivity contribution in [3.05, 3.63) is 40.1 Å². The van der Waals surface area contributed by atoms with Crippen LogP contribution in [0.1, 0.15) is 16.2 Å². The number of rotatable bonds is 4. The van der Waals surface area contributed by atoms with Crippen molar-refractivity contribution in [3.63, 3.8) is 0 Å². The molecule has 20 heavy (non-hydrogen) atoms. The monoisotopic (exact) mass is 341 g/mol. The maximum atomic E-state index is 13.2. The van der Waals surface area contributed by atoms with E-state index in [1.165, 1.54) is 12.1 Å². The van der Waals surface area contributed by atoms with Gasteiger partial charge in [0.2, 0.25) is 0 Å². The lowest BCUT2D eigenvalue weighted by Crippen LogP contribution is -2.26. The molecule has 2 rings (SSSR count). The number of carbonyl (C=O) groups excluding carboxylic acids is 1. The minimum absolute atomic E-state index is 0.0651. The van der Waals surface area contributed by atoms with Crippen LogP contribution >= 0.6 is 15.9 Å². The van der Waals surface area contributed by atoms with E-state index in [0.717, 1.165) is 0 Å². The number of aromatic nitrogens is 3. The van der Waals surface area contributed by atoms with E-state index in [2.05, 4.69) is 31.3 Å². The molecule has 0 atom stereocenters. The number of nitrogens with zero attached hydrogens (tertiary/aromatic N) is 3. The topological polar surface area (TPSA) is 85.8 Å². The standard InChI is InChI=1S/C12H13BrFN5O/c1-19-6-17-11(18-19)2-3-16-12(20)7-4-10(15)9(14)5-8(7)13/h4-6H,2-3,15H2,1H3,(H,16,20). The van der Waals surface area contributed by atoms with Crippen LogP contribution < -0.4 is 11.1 Å². The van der Waals surface area contributed by atoms with E-state index in [-0.39, 0.29) is 17.2 Å². The van der Waals surface area contributed by atoms with Crippen molar-refractivity contribution in [2.45, 2.75) is 6.42 Å². The van der Waals surface area contributed by atoms with Gasteiger partial charge in [0.15, 0.2) is 5.82 Å². The zero-order valence-electron chi connectivity index (χ0n) is 10.7. The Kier molecular flexibility index (Phi) is 4.33. The Morgan fingerprint density at radius 3 is 2.95 bits per heavy atom. The van der Waals surface area contributed by atoms with Crippen LogP contribution in [0, 0.1) is 5.82 Å². The molecule has 6 nitrogen and oxygen atoms in total. The first-order valence-electron chi connectivity index (χ1n) is 5.84. The van der Waals surface area contributed by atoms with Crippen LogP contribution in [0.15, 0.2) is 22.9 Å². The maximum absolute atomic E-state index is 13.2. The Bertz CT molecular complexity index is 643. The zero-order chi connectivity index (χ0) is 14.7. The number of amides is 1. The van der Waals surface area contributed by atoms with Gasteiger partial charge in [0.25, 0.3) is 5.91 Å². The minimum Gasteiger partial charge on any atom is -0.396 e. The molecular formula is C12H13BrFN5O. The lowest BCUT2D eigenvalue weighted by Gasteiger charge is -2.07. The Hall–Kier alpha value is -1.96. The lowest BCUT2D eigenvalue weighted by molar-refractivity contribution is 0.0953. The summed E-state index contributed by atoms with van der Waals surface area (Å²) in [5, 5.41) is 6.81. The lowest BCUT2D eigenvalue weighted by atomic mass is 10.2. The third-order valence-electron chi connectivity index (χ3n) is 2.61. The fourth-order valence-electron chi connectivity index (χ4n) is 1.62. The van der Waals surface area contributed by atoms with Gasteiger partial charge >= 0.3 is 0 Å². The number of halogens is 2. The molecule has 1 aromatic heterocycles. The van der Waals surface area contributed by atoms with Crippen molar-refractivity contribution in [1.29, 1.82) is 0 Å². The van der Waals surface area contributed by atoms with E-state index in [0.29, 0.717) is 23.3 Å². The van der Waals surface area contributed by atoms with Gasteiger partial charge in [-0.3, -0.25) is 9.48 Å². The number of anilines is 1. The second-order valence-electron chi connectivity index (χ2n) is 4.19. The van der Waals surface area contributed by atoms with Crippen LogP contribution in [0.3, 0.4) is 0 Å². The van der Waals surface area contributed by atoms with Gasteiger partial charge in [-0.15, -0.1) is 0 Å². The number of benzene rings is 1. The van der Waals surface area contributed by atoms with Gasteiger partial charge in [-0.1, -0.05) is 0 Å². The molecule has 1 aromatic carbocycles. The van der Waals surface area contributed by atoms with Gasteiger partial charge in [0, 0.05) is 24.5 Å². The summed E-state index contributed by atoms with van der Waals surface area (Å²) in [6.07, 6.45) is 2.11. The van der Waals surface area contributed by atoms with E-state index in [1.807, 2.05) is 0 Å². The molecule has 0 unspecified atom stereocenters. The van der Waals surface area contributed by atoms with E-state index < -0.39 is 5.82 Å². The number of aryl methyl sites for hydroxylation is 1. The van der Waals surface area contributed by atoms with Crippen molar-refractivity contribution in [3.8, 4) is 0 Å². The third-order valence-corrected chi connectivity index (χ3v) is 3.27. The predicted octanol–water partition coefficient (Wildman–Crippen LogP) is 1.27. The highest BCUT2D eigenvalue weighted by atomic mass is 79.9. The van der Waals surface area contributed by atoms with E-state index in [9.17, 15) is 9.18 Å². The number of carbonyl (C=O) groups is 1. The van der Waals surface area contributed by atoms with Crippen LogP contribution in [-0.4, -0.2) is 27.2 Å². The summed E-state index contributed by atoms with van der Waals surface area (Å²) in [6, 6.07) is 2.47. The number of nitrogens with two attached hydrogens (primary N) is 1. The summed E-state index contributed by atoms with van der Waals surface area (Å²) >= 11 is 3.14. The molecule has 0 aliphatic carbocycles. The zero-order valence-corrected chi connectivity index (χ0v) is 12.3. The van der Waals surface area contributed by atoms with Crippen molar-refractivity contribution < 1.29 is 9.18 Å². The summed E-state index contributed by atoms with van der Waals surface area (Å²) in [5.41, 5.74) is 5.68. The van der Waals surface area contributed by atoms with Crippen molar-refractivity contribution in [2.24, 2.45) is 7.05 Å². The first-order valence-corrected chi connectivity index (χ1v) is 6.64. The van der Waals surface area contributed by atoms with E-state index in [4.69, 9.17) is 5.73 Å². The minimum atomic E-state index is -0.564. The van der Waals surface area contributed by atoms with Gasteiger partial charge in [-0.25, -0.2) is 9.37 Å². The Morgan fingerprint density at radius 2 is 2.30 bits per heavy atom. The Balaban J connectivity index is 1.97. The molecule has 1 amide bonds. The Labute approximate surface area is 123 Å². The van der Waals surface area contributed by atoms with Gasteiger partial charge in [0.1, 0.15) is 12.1 Å². The second-order valence-corrected chi connectivity index (χ2v) is 5.05. The molecule has 0 aliphatic heterocycles. The third kappa shape index (κ3) is 3.32. The highest BCUT2D eigenvalue weighted by molar-refractivity contribution is 9.10. The molecule has 0 fully saturated rings. The predicted molar refractivity (Wildman–Crippen MR) is 75.6 cm³/mol. The highest BCUT2D eigenvalue weighted by Crippen LogP contribution is 2.22. The van der Waals surface area contributed by atoms with Crippen molar-refractivity contribution >= 4 is 27.5 Å². The highest BCUT2D eigenvalue weighted by Gasteiger charge is 2.13. The number of nitrogens with one attached hydrogen (secondary N) is 1. The normalized spacial score (nSPS) is 10.6. The average molecular weight is 342 g/mol. The van der Waals surface area contributed by atoms with Gasteiger partial charge in [-0.2, -0.15) is 5.10 Å². The molecule has 0 saturated carbocycles. The number of nitrogen functional groups attached to an aromatic ring is 1. The van der Waals surface area contributed by atoms with Crippen LogP contribution in [0.5, 0.6) is 0 Å². The molecule has 1 heterocycles. The van der Waals surface area contributed by atoms with Crippen molar-refractivity contribution in [2.75, 3.05) is 12.3 Å². The fraction of sp³-hybridized carbons (Fsp3) is 0.250. The summed E-state index contributed by atoms with van der Waals surface area (Å²) < 4.78 is 15.1. The molecule has 0 bridgehead atoms. The second kappa shape index (κ2) is 6.00. The first kappa shape index (κ1) is 14.4. The number of hydrogen-bond donors (Lipinski definition) is 2. The van der Waals surface area contributed by atoms with Crippen LogP contribution in [0.4, 0.5) is 10.1 Å². The SMILES string of the molecule is Cn1cnc(CCNC(=O)c2cc(N)c(F)cc2Br)n1. The molecule has 2 aromatic rings. The van der Waals surface area contributed by atoms with Gasteiger partial charge < -0.3 is 11.1 Å². The molecule has 0 spiro atoms. The summed E-state index contributed by atoms with van der Waals surface area (Å²) in [4.78, 5) is 16.0. The van der Waals surface area contributed by atoms with Crippen molar-refractivity contribution in [1.82, 2.24) is 20.1 Å². The van der Waals surface area contributed by atoms with E-state index >= 15 is 0 Å². The maximum Gasteiger partial charge on any atom is 0.252 e. The van der Waals surface area contributed by atoms with Crippen LogP contribution in [-0.2, 0) is 13.5 Å². The molecule has 0 aliphatic rings.